The summed E-state index contributed by atoms with van der Waals surface area (Å²) < 4.78 is 0. The molecule has 2 aromatic rings. The Morgan fingerprint density at radius 3 is 2.71 bits per heavy atom. The first kappa shape index (κ1) is 16.5. The number of phenolic OH excluding ortho intramolecular Hbond substituents is 1. The zero-order valence-electron chi connectivity index (χ0n) is 12.5. The first-order valence-electron chi connectivity index (χ1n) is 7.23. The Hall–Kier alpha value is -2.31. The van der Waals surface area contributed by atoms with Gasteiger partial charge in [-0.3, -0.25) is 4.79 Å². The summed E-state index contributed by atoms with van der Waals surface area (Å²) in [7, 11) is 0. The van der Waals surface area contributed by atoms with Crippen molar-refractivity contribution in [3.63, 3.8) is 0 Å². The molecule has 1 unspecified atom stereocenters. The van der Waals surface area contributed by atoms with E-state index < -0.39 is 0 Å². The summed E-state index contributed by atoms with van der Waals surface area (Å²) in [6, 6.07) is 14.1. The number of aromatic hydroxyl groups is 1. The van der Waals surface area contributed by atoms with Crippen molar-refractivity contribution in [2.45, 2.75) is 11.7 Å². The fourth-order valence-corrected chi connectivity index (χ4v) is 3.32. The van der Waals surface area contributed by atoms with Gasteiger partial charge in [-0.2, -0.15) is 5.10 Å². The first-order chi connectivity index (χ1) is 11.6. The molecule has 1 fully saturated rings. The molecule has 1 heterocycles. The number of thioether (sulfide) groups is 1. The number of hydrogen-bond donors (Lipinski definition) is 2. The maximum absolute atomic E-state index is 12.0. The molecule has 0 spiro atoms. The van der Waals surface area contributed by atoms with E-state index in [0.29, 0.717) is 16.6 Å². The number of benzene rings is 2. The lowest BCUT2D eigenvalue weighted by molar-refractivity contribution is -0.118. The molecule has 1 aliphatic rings. The lowest BCUT2D eigenvalue weighted by Crippen LogP contribution is -2.26. The van der Waals surface area contributed by atoms with Gasteiger partial charge >= 0.3 is 0 Å². The summed E-state index contributed by atoms with van der Waals surface area (Å²) in [5, 5.41) is 20.8. The smallest absolute Gasteiger partial charge is 0.239 e. The van der Waals surface area contributed by atoms with Crippen LogP contribution in [0.4, 0.5) is 0 Å². The van der Waals surface area contributed by atoms with E-state index in [2.05, 4.69) is 15.5 Å². The minimum Gasteiger partial charge on any atom is -0.508 e. The number of rotatable bonds is 4. The first-order valence-corrected chi connectivity index (χ1v) is 8.48. The maximum atomic E-state index is 12.0. The van der Waals surface area contributed by atoms with E-state index in [-0.39, 0.29) is 16.9 Å². The van der Waals surface area contributed by atoms with Gasteiger partial charge in [0.15, 0.2) is 5.17 Å². The third-order valence-electron chi connectivity index (χ3n) is 3.39. The number of phenols is 1. The van der Waals surface area contributed by atoms with Crippen LogP contribution in [0.15, 0.2) is 58.7 Å². The summed E-state index contributed by atoms with van der Waals surface area (Å²) in [5.74, 6) is 0.0954. The van der Waals surface area contributed by atoms with Gasteiger partial charge in [0.05, 0.1) is 11.5 Å². The van der Waals surface area contributed by atoms with Crippen LogP contribution in [0.5, 0.6) is 5.75 Å². The van der Waals surface area contributed by atoms with Gasteiger partial charge in [-0.1, -0.05) is 41.6 Å². The van der Waals surface area contributed by atoms with E-state index in [1.54, 1.807) is 30.5 Å². The predicted molar refractivity (Wildman–Crippen MR) is 97.8 cm³/mol. The summed E-state index contributed by atoms with van der Waals surface area (Å²) in [4.78, 5) is 12.0. The zero-order valence-corrected chi connectivity index (χ0v) is 14.1. The largest absolute Gasteiger partial charge is 0.508 e. The molecule has 0 aliphatic carbocycles. The summed E-state index contributed by atoms with van der Waals surface area (Å²) >= 11 is 7.47. The molecule has 0 bridgehead atoms. The average molecular weight is 360 g/mol. The van der Waals surface area contributed by atoms with Crippen LogP contribution >= 0.6 is 23.4 Å². The molecule has 7 heteroatoms. The normalized spacial score (nSPS) is 19.1. The Labute approximate surface area is 148 Å². The highest BCUT2D eigenvalue weighted by Crippen LogP contribution is 2.26. The second kappa shape index (κ2) is 7.51. The van der Waals surface area contributed by atoms with Crippen molar-refractivity contribution in [1.82, 2.24) is 5.32 Å². The molecule has 0 radical (unpaired) electrons. The number of amides is 1. The molecule has 0 saturated carbocycles. The minimum atomic E-state index is -0.271. The van der Waals surface area contributed by atoms with E-state index in [9.17, 15) is 9.90 Å². The van der Waals surface area contributed by atoms with Gasteiger partial charge in [-0.25, -0.2) is 0 Å². The quantitative estimate of drug-likeness (QED) is 0.650. The third kappa shape index (κ3) is 4.15. The molecule has 0 aromatic heterocycles. The highest BCUT2D eigenvalue weighted by molar-refractivity contribution is 8.15. The number of amidine groups is 1. The van der Waals surface area contributed by atoms with E-state index in [0.717, 1.165) is 11.1 Å². The summed E-state index contributed by atoms with van der Waals surface area (Å²) in [6.07, 6.45) is 2.09. The van der Waals surface area contributed by atoms with Gasteiger partial charge in [0.25, 0.3) is 0 Å². The van der Waals surface area contributed by atoms with Crippen molar-refractivity contribution in [2.75, 3.05) is 0 Å². The van der Waals surface area contributed by atoms with Crippen molar-refractivity contribution >= 4 is 40.7 Å². The monoisotopic (exact) mass is 359 g/mol. The fraction of sp³-hybridized carbons (Fsp3) is 0.118. The highest BCUT2D eigenvalue weighted by Gasteiger charge is 2.30. The van der Waals surface area contributed by atoms with Crippen LogP contribution in [0.1, 0.15) is 11.1 Å². The summed E-state index contributed by atoms with van der Waals surface area (Å²) in [5.41, 5.74) is 1.74. The van der Waals surface area contributed by atoms with Crippen LogP contribution in [-0.2, 0) is 11.2 Å². The van der Waals surface area contributed by atoms with Crippen LogP contribution in [0, 0.1) is 0 Å². The lowest BCUT2D eigenvalue weighted by atomic mass is 10.1. The van der Waals surface area contributed by atoms with Crippen LogP contribution in [-0.4, -0.2) is 27.6 Å². The maximum Gasteiger partial charge on any atom is 0.239 e. The molecule has 122 valence electrons. The van der Waals surface area contributed by atoms with Gasteiger partial charge in [-0.05, 0) is 47.9 Å². The van der Waals surface area contributed by atoms with E-state index >= 15 is 0 Å². The minimum absolute atomic E-state index is 0.0986. The molecule has 1 amide bonds. The van der Waals surface area contributed by atoms with Crippen LogP contribution in [0.2, 0.25) is 5.02 Å². The second-order valence-corrected chi connectivity index (χ2v) is 6.73. The topological polar surface area (TPSA) is 74.0 Å². The second-order valence-electron chi connectivity index (χ2n) is 5.13. The number of hydrogen-bond acceptors (Lipinski definition) is 5. The van der Waals surface area contributed by atoms with Crippen LogP contribution < -0.4 is 5.32 Å². The molecular weight excluding hydrogens is 346 g/mol. The van der Waals surface area contributed by atoms with Gasteiger partial charge in [0.1, 0.15) is 5.75 Å². The van der Waals surface area contributed by atoms with Gasteiger partial charge in [0.2, 0.25) is 5.91 Å². The number of carbonyl (C=O) groups is 1. The highest BCUT2D eigenvalue weighted by atomic mass is 35.5. The predicted octanol–water partition coefficient (Wildman–Crippen LogP) is 3.21. The molecule has 1 saturated heterocycles. The average Bonchev–Trinajstić information content (AvgIpc) is 2.91. The molecule has 24 heavy (non-hydrogen) atoms. The van der Waals surface area contributed by atoms with Gasteiger partial charge in [-0.15, -0.1) is 5.10 Å². The van der Waals surface area contributed by atoms with Crippen LogP contribution in [0.25, 0.3) is 0 Å². The molecule has 2 aromatic carbocycles. The van der Waals surface area contributed by atoms with Crippen molar-refractivity contribution in [2.24, 2.45) is 10.2 Å². The number of nitrogens with zero attached hydrogens (tertiary/aromatic N) is 2. The number of nitrogens with one attached hydrogen (secondary N) is 1. The molecule has 2 N–H and O–H groups in total. The number of carbonyl (C=O) groups excluding carboxylic acids is 1. The van der Waals surface area contributed by atoms with Crippen molar-refractivity contribution in [3.05, 3.63) is 64.7 Å². The zero-order chi connectivity index (χ0) is 16.9. The van der Waals surface area contributed by atoms with Gasteiger partial charge < -0.3 is 10.4 Å². The van der Waals surface area contributed by atoms with Gasteiger partial charge in [0, 0.05) is 5.02 Å². The molecule has 1 aliphatic heterocycles. The van der Waals surface area contributed by atoms with Crippen molar-refractivity contribution < 1.29 is 9.90 Å². The van der Waals surface area contributed by atoms with Crippen molar-refractivity contribution in [3.8, 4) is 5.75 Å². The van der Waals surface area contributed by atoms with E-state index in [1.165, 1.54) is 11.8 Å². The Morgan fingerprint density at radius 1 is 1.21 bits per heavy atom. The Bertz CT molecular complexity index is 806. The van der Waals surface area contributed by atoms with Crippen LogP contribution in [0.3, 0.4) is 0 Å². The fourth-order valence-electron chi connectivity index (χ4n) is 2.16. The molecule has 3 rings (SSSR count). The lowest BCUT2D eigenvalue weighted by Gasteiger charge is -2.06. The standard InChI is InChI=1S/C17H14ClN3O2S/c18-14-4-2-1-3-12(14)9-15-16(23)20-17(24-15)21-19-10-11-5-7-13(22)8-6-11/h1-8,10,15,22H,9H2,(H,20,21,23). The molecular formula is C17H14ClN3O2S. The Kier molecular flexibility index (Phi) is 5.17. The SMILES string of the molecule is O=C1NC(=NN=Cc2ccc(O)cc2)SC1Cc1ccccc1Cl. The number of halogens is 1. The van der Waals surface area contributed by atoms with E-state index in [4.69, 9.17) is 11.6 Å². The van der Waals surface area contributed by atoms with Crippen molar-refractivity contribution in [1.29, 1.82) is 0 Å². The Morgan fingerprint density at radius 2 is 1.96 bits per heavy atom. The summed E-state index contributed by atoms with van der Waals surface area (Å²) in [6.45, 7) is 0. The van der Waals surface area contributed by atoms with E-state index in [1.807, 2.05) is 24.3 Å². The third-order valence-corrected chi connectivity index (χ3v) is 4.83. The Balaban J connectivity index is 1.63. The molecule has 1 atom stereocenters. The molecule has 5 nitrogen and oxygen atoms in total.